The second-order valence-electron chi connectivity index (χ2n) is 3.49. The van der Waals surface area contributed by atoms with Gasteiger partial charge in [-0.3, -0.25) is 4.98 Å². The number of rotatable bonds is 5. The molecule has 0 aliphatic rings. The van der Waals surface area contributed by atoms with Crippen LogP contribution in [0.15, 0.2) is 35.8 Å². The molecule has 0 radical (unpaired) electrons. The third-order valence-electron chi connectivity index (χ3n) is 2.17. The number of thiocarbonyl (C=S) groups is 1. The third-order valence-corrected chi connectivity index (χ3v) is 3.23. The van der Waals surface area contributed by atoms with Gasteiger partial charge in [0.1, 0.15) is 4.99 Å². The van der Waals surface area contributed by atoms with Crippen LogP contribution in [-0.4, -0.2) is 9.97 Å². The van der Waals surface area contributed by atoms with Crippen molar-refractivity contribution in [1.82, 2.24) is 4.98 Å². The van der Waals surface area contributed by atoms with Gasteiger partial charge in [-0.2, -0.15) is 0 Å². The third kappa shape index (κ3) is 3.59. The smallest absolute Gasteiger partial charge is 0.122 e. The summed E-state index contributed by atoms with van der Waals surface area (Å²) in [5, 5.41) is 2.04. The fraction of sp³-hybridized carbons (Fsp3) is 0.167. The number of nitrogens with two attached hydrogens (primary N) is 1. The van der Waals surface area contributed by atoms with Crippen LogP contribution >= 0.6 is 23.6 Å². The average molecular weight is 264 g/mol. The van der Waals surface area contributed by atoms with Crippen molar-refractivity contribution in [3.63, 3.8) is 0 Å². The van der Waals surface area contributed by atoms with E-state index in [1.165, 1.54) is 4.88 Å². The molecule has 0 saturated carbocycles. The highest BCUT2D eigenvalue weighted by Crippen LogP contribution is 2.11. The van der Waals surface area contributed by atoms with Gasteiger partial charge in [0.25, 0.3) is 0 Å². The fourth-order valence-electron chi connectivity index (χ4n) is 1.36. The van der Waals surface area contributed by atoms with E-state index >= 15 is 0 Å². The standard InChI is InChI=1S/C12H12N2OS2/c13-12(16)11-6-9(3-4-14-11)7-15-8-10-2-1-5-17-10/h1-6H,7-8H2,(H2,13,16). The summed E-state index contributed by atoms with van der Waals surface area (Å²) < 4.78 is 5.60. The van der Waals surface area contributed by atoms with Crippen LogP contribution in [0.3, 0.4) is 0 Å². The lowest BCUT2D eigenvalue weighted by Crippen LogP contribution is -2.11. The van der Waals surface area contributed by atoms with Gasteiger partial charge in [-0.1, -0.05) is 18.3 Å². The number of nitrogens with zero attached hydrogens (tertiary/aromatic N) is 1. The van der Waals surface area contributed by atoms with E-state index in [0.29, 0.717) is 23.9 Å². The fourth-order valence-corrected chi connectivity index (χ4v) is 2.12. The summed E-state index contributed by atoms with van der Waals surface area (Å²) in [6.45, 7) is 1.17. The summed E-state index contributed by atoms with van der Waals surface area (Å²) in [5.74, 6) is 0. The Balaban J connectivity index is 1.90. The van der Waals surface area contributed by atoms with E-state index in [-0.39, 0.29) is 0 Å². The first kappa shape index (κ1) is 12.2. The van der Waals surface area contributed by atoms with Crippen molar-refractivity contribution in [1.29, 1.82) is 0 Å². The lowest BCUT2D eigenvalue weighted by atomic mass is 10.2. The molecule has 0 aliphatic carbocycles. The van der Waals surface area contributed by atoms with Crippen LogP contribution in [0, 0.1) is 0 Å². The van der Waals surface area contributed by atoms with Crippen LogP contribution < -0.4 is 5.73 Å². The molecule has 0 saturated heterocycles. The van der Waals surface area contributed by atoms with Gasteiger partial charge >= 0.3 is 0 Å². The second kappa shape index (κ2) is 5.86. The Labute approximate surface area is 109 Å². The lowest BCUT2D eigenvalue weighted by molar-refractivity contribution is 0.109. The molecule has 2 N–H and O–H groups in total. The SMILES string of the molecule is NC(=S)c1cc(COCc2cccs2)ccn1. The van der Waals surface area contributed by atoms with Crippen molar-refractivity contribution in [2.45, 2.75) is 13.2 Å². The molecule has 2 rings (SSSR count). The highest BCUT2D eigenvalue weighted by Gasteiger charge is 2.00. The molecule has 2 aromatic rings. The van der Waals surface area contributed by atoms with Crippen LogP contribution in [0.4, 0.5) is 0 Å². The van der Waals surface area contributed by atoms with Gasteiger partial charge in [-0.25, -0.2) is 0 Å². The Bertz CT molecular complexity index is 497. The molecule has 5 heteroatoms. The lowest BCUT2D eigenvalue weighted by Gasteiger charge is -2.04. The Morgan fingerprint density at radius 3 is 3.00 bits per heavy atom. The van der Waals surface area contributed by atoms with E-state index in [9.17, 15) is 0 Å². The molecular weight excluding hydrogens is 252 g/mol. The molecule has 17 heavy (non-hydrogen) atoms. The number of thiophene rings is 1. The van der Waals surface area contributed by atoms with E-state index in [1.807, 2.05) is 23.6 Å². The quantitative estimate of drug-likeness (QED) is 0.843. The zero-order chi connectivity index (χ0) is 12.1. The van der Waals surface area contributed by atoms with E-state index in [1.54, 1.807) is 17.5 Å². The Morgan fingerprint density at radius 1 is 1.41 bits per heavy atom. The maximum absolute atomic E-state index is 5.60. The molecule has 0 amide bonds. The zero-order valence-corrected chi connectivity index (χ0v) is 10.8. The average Bonchev–Trinajstić information content (AvgIpc) is 2.82. The van der Waals surface area contributed by atoms with Crippen LogP contribution in [0.25, 0.3) is 0 Å². The molecule has 2 aromatic heterocycles. The van der Waals surface area contributed by atoms with E-state index in [4.69, 9.17) is 22.7 Å². The van der Waals surface area contributed by atoms with Crippen molar-refractivity contribution in [2.75, 3.05) is 0 Å². The normalized spacial score (nSPS) is 10.4. The summed E-state index contributed by atoms with van der Waals surface area (Å²) in [5.41, 5.74) is 7.18. The topological polar surface area (TPSA) is 48.1 Å². The molecule has 0 unspecified atom stereocenters. The van der Waals surface area contributed by atoms with Crippen molar-refractivity contribution in [2.24, 2.45) is 5.73 Å². The van der Waals surface area contributed by atoms with Gasteiger partial charge in [-0.05, 0) is 29.1 Å². The first-order valence-corrected chi connectivity index (χ1v) is 6.39. The number of pyridine rings is 1. The van der Waals surface area contributed by atoms with Crippen LogP contribution in [0.1, 0.15) is 16.1 Å². The molecular formula is C12H12N2OS2. The summed E-state index contributed by atoms with van der Waals surface area (Å²) in [4.78, 5) is 5.60. The summed E-state index contributed by atoms with van der Waals surface area (Å²) in [6, 6.07) is 7.82. The number of aromatic nitrogens is 1. The van der Waals surface area contributed by atoms with Gasteiger partial charge in [0.2, 0.25) is 0 Å². The number of hydrogen-bond acceptors (Lipinski definition) is 4. The largest absolute Gasteiger partial charge is 0.388 e. The molecule has 0 aromatic carbocycles. The second-order valence-corrected chi connectivity index (χ2v) is 4.96. The molecule has 0 bridgehead atoms. The van der Waals surface area contributed by atoms with Gasteiger partial charge in [0.15, 0.2) is 0 Å². The van der Waals surface area contributed by atoms with Crippen molar-refractivity contribution in [3.8, 4) is 0 Å². The van der Waals surface area contributed by atoms with Gasteiger partial charge in [-0.15, -0.1) is 11.3 Å². The first-order chi connectivity index (χ1) is 8.25. The molecule has 3 nitrogen and oxygen atoms in total. The van der Waals surface area contributed by atoms with E-state index < -0.39 is 0 Å². The minimum absolute atomic E-state index is 0.310. The van der Waals surface area contributed by atoms with Gasteiger partial charge in [0.05, 0.1) is 18.9 Å². The minimum atomic E-state index is 0.310. The number of hydrogen-bond donors (Lipinski definition) is 1. The van der Waals surface area contributed by atoms with Crippen LogP contribution in [0.2, 0.25) is 0 Å². The Morgan fingerprint density at radius 2 is 2.29 bits per heavy atom. The van der Waals surface area contributed by atoms with Gasteiger partial charge < -0.3 is 10.5 Å². The maximum atomic E-state index is 5.60. The Kier molecular flexibility index (Phi) is 4.19. The number of ether oxygens (including phenoxy) is 1. The maximum Gasteiger partial charge on any atom is 0.122 e. The molecule has 0 fully saturated rings. The molecule has 2 heterocycles. The van der Waals surface area contributed by atoms with Crippen LogP contribution in [-0.2, 0) is 18.0 Å². The summed E-state index contributed by atoms with van der Waals surface area (Å²) in [6.07, 6.45) is 1.69. The molecule has 0 atom stereocenters. The predicted octanol–water partition coefficient (Wildman–Crippen LogP) is 2.49. The molecule has 0 aliphatic heterocycles. The zero-order valence-electron chi connectivity index (χ0n) is 9.13. The Hall–Kier alpha value is -1.30. The first-order valence-electron chi connectivity index (χ1n) is 5.10. The summed E-state index contributed by atoms with van der Waals surface area (Å²) >= 11 is 6.56. The van der Waals surface area contributed by atoms with Gasteiger partial charge in [0, 0.05) is 11.1 Å². The molecule has 88 valence electrons. The van der Waals surface area contributed by atoms with Crippen molar-refractivity contribution < 1.29 is 4.74 Å². The monoisotopic (exact) mass is 264 g/mol. The van der Waals surface area contributed by atoms with Crippen molar-refractivity contribution >= 4 is 28.5 Å². The van der Waals surface area contributed by atoms with Crippen molar-refractivity contribution in [3.05, 3.63) is 52.0 Å². The highest BCUT2D eigenvalue weighted by atomic mass is 32.1. The predicted molar refractivity (Wildman–Crippen MR) is 72.9 cm³/mol. The van der Waals surface area contributed by atoms with E-state index in [2.05, 4.69) is 11.1 Å². The minimum Gasteiger partial charge on any atom is -0.388 e. The van der Waals surface area contributed by atoms with Crippen LogP contribution in [0.5, 0.6) is 0 Å². The highest BCUT2D eigenvalue weighted by molar-refractivity contribution is 7.80. The van der Waals surface area contributed by atoms with E-state index in [0.717, 1.165) is 5.56 Å². The molecule has 0 spiro atoms. The summed E-state index contributed by atoms with van der Waals surface area (Å²) in [7, 11) is 0.